The molecule has 6 heteroatoms. The molecule has 1 rings (SSSR count). The molecule has 1 aromatic heterocycles. The first-order valence-electron chi connectivity index (χ1n) is 4.10. The van der Waals surface area contributed by atoms with Gasteiger partial charge in [0.05, 0.1) is 0 Å². The lowest BCUT2D eigenvalue weighted by molar-refractivity contribution is 0.0691. The van der Waals surface area contributed by atoms with E-state index in [2.05, 4.69) is 4.98 Å². The van der Waals surface area contributed by atoms with Gasteiger partial charge in [-0.15, -0.1) is 0 Å². The molecule has 0 radical (unpaired) electrons. The van der Waals surface area contributed by atoms with Crippen LogP contribution in [0, 0.1) is 11.3 Å². The summed E-state index contributed by atoms with van der Waals surface area (Å²) in [7, 11) is 3.54. The van der Waals surface area contributed by atoms with Gasteiger partial charge in [0.25, 0.3) is 0 Å². The topological polar surface area (TPSA) is 82.2 Å². The third-order valence-corrected chi connectivity index (χ3v) is 1.57. The van der Waals surface area contributed by atoms with E-state index in [9.17, 15) is 4.79 Å². The second-order valence-corrected chi connectivity index (χ2v) is 3.06. The molecule has 78 valence electrons. The van der Waals surface area contributed by atoms with E-state index in [1.807, 2.05) is 6.07 Å². The molecule has 1 aromatic rings. The summed E-state index contributed by atoms with van der Waals surface area (Å²) in [6.45, 7) is 0. The predicted molar refractivity (Wildman–Crippen MR) is 52.8 cm³/mol. The number of hydrogen-bond donors (Lipinski definition) is 1. The van der Waals surface area contributed by atoms with Gasteiger partial charge >= 0.3 is 5.97 Å². The van der Waals surface area contributed by atoms with Crippen LogP contribution in [0.1, 0.15) is 10.5 Å². The van der Waals surface area contributed by atoms with Crippen molar-refractivity contribution in [2.24, 2.45) is 0 Å². The van der Waals surface area contributed by atoms with E-state index in [0.29, 0.717) is 5.70 Å². The lowest BCUT2D eigenvalue weighted by atomic mass is 10.4. The van der Waals surface area contributed by atoms with Crippen LogP contribution in [0.2, 0.25) is 0 Å². The van der Waals surface area contributed by atoms with Gasteiger partial charge in [0.2, 0.25) is 0 Å². The lowest BCUT2D eigenvalue weighted by Gasteiger charge is -2.06. The van der Waals surface area contributed by atoms with Crippen molar-refractivity contribution in [3.05, 3.63) is 24.4 Å². The van der Waals surface area contributed by atoms with Crippen LogP contribution in [0.4, 0.5) is 0 Å². The van der Waals surface area contributed by atoms with E-state index in [1.54, 1.807) is 25.2 Å². The Morgan fingerprint density at radius 1 is 1.73 bits per heavy atom. The van der Waals surface area contributed by atoms with Gasteiger partial charge in [0.1, 0.15) is 18.1 Å². The summed E-state index contributed by atoms with van der Waals surface area (Å²) in [5.74, 6) is -1.11. The number of allylic oxidation sites excluding steroid dienone is 1. The Hall–Kier alpha value is -2.29. The molecule has 15 heavy (non-hydrogen) atoms. The second-order valence-electron chi connectivity index (χ2n) is 3.06. The number of aromatic nitrogens is 2. The maximum Gasteiger partial charge on any atom is 0.356 e. The smallest absolute Gasteiger partial charge is 0.356 e. The summed E-state index contributed by atoms with van der Waals surface area (Å²) in [5, 5.41) is 17.5. The van der Waals surface area contributed by atoms with Gasteiger partial charge in [0.15, 0.2) is 5.69 Å². The van der Waals surface area contributed by atoms with E-state index in [0.717, 1.165) is 0 Å². The number of imidazole rings is 1. The van der Waals surface area contributed by atoms with E-state index in [1.165, 1.54) is 17.1 Å². The van der Waals surface area contributed by atoms with Crippen molar-refractivity contribution in [3.8, 4) is 6.07 Å². The molecule has 0 saturated carbocycles. The summed E-state index contributed by atoms with van der Waals surface area (Å²) in [6.07, 6.45) is 4.16. The van der Waals surface area contributed by atoms with E-state index < -0.39 is 5.97 Å². The predicted octanol–water partition coefficient (Wildman–Crippen LogP) is 0.465. The zero-order chi connectivity index (χ0) is 11.4. The lowest BCUT2D eigenvalue weighted by Crippen LogP contribution is -2.04. The Labute approximate surface area is 86.7 Å². The van der Waals surface area contributed by atoms with Crippen molar-refractivity contribution in [3.63, 3.8) is 0 Å². The molecule has 0 aliphatic carbocycles. The standard InChI is InChI=1S/C9H10N4O2/c1-12(2)4-7(3-10)13-5-8(9(14)15)11-6-13/h4-6H,1-2H3,(H,14,15)/b7-4+. The van der Waals surface area contributed by atoms with Gasteiger partial charge in [-0.25, -0.2) is 9.78 Å². The number of hydrogen-bond acceptors (Lipinski definition) is 4. The molecule has 6 nitrogen and oxygen atoms in total. The highest BCUT2D eigenvalue weighted by molar-refractivity contribution is 5.85. The number of rotatable bonds is 3. The number of carboxylic acids is 1. The first-order valence-corrected chi connectivity index (χ1v) is 4.10. The molecule has 0 atom stereocenters. The molecule has 1 heterocycles. The Balaban J connectivity index is 3.05. The largest absolute Gasteiger partial charge is 0.476 e. The molecule has 0 spiro atoms. The SMILES string of the molecule is CN(C)/C=C(\C#N)n1cnc(C(=O)O)c1. The first kappa shape index (κ1) is 10.8. The quantitative estimate of drug-likeness (QED) is 0.726. The molecule has 0 aliphatic heterocycles. The van der Waals surface area contributed by atoms with Crippen LogP contribution in [0.5, 0.6) is 0 Å². The average Bonchev–Trinajstić information content (AvgIpc) is 2.62. The second kappa shape index (κ2) is 4.28. The van der Waals surface area contributed by atoms with Crippen LogP contribution in [0.15, 0.2) is 18.7 Å². The number of carbonyl (C=O) groups is 1. The molecule has 0 aliphatic rings. The van der Waals surface area contributed by atoms with E-state index in [4.69, 9.17) is 10.4 Å². The fraction of sp³-hybridized carbons (Fsp3) is 0.222. The van der Waals surface area contributed by atoms with Crippen molar-refractivity contribution in [2.75, 3.05) is 14.1 Å². The highest BCUT2D eigenvalue weighted by Gasteiger charge is 2.08. The minimum Gasteiger partial charge on any atom is -0.476 e. The van der Waals surface area contributed by atoms with E-state index >= 15 is 0 Å². The van der Waals surface area contributed by atoms with Gasteiger partial charge < -0.3 is 10.0 Å². The number of nitrogens with zero attached hydrogens (tertiary/aromatic N) is 4. The summed E-state index contributed by atoms with van der Waals surface area (Å²) >= 11 is 0. The fourth-order valence-electron chi connectivity index (χ4n) is 0.963. The fourth-order valence-corrected chi connectivity index (χ4v) is 0.963. The minimum atomic E-state index is -1.11. The average molecular weight is 206 g/mol. The molecule has 0 amide bonds. The van der Waals surface area contributed by atoms with Crippen molar-refractivity contribution in [1.29, 1.82) is 5.26 Å². The van der Waals surface area contributed by atoms with Crippen molar-refractivity contribution in [1.82, 2.24) is 14.5 Å². The molecule has 0 bridgehead atoms. The summed E-state index contributed by atoms with van der Waals surface area (Å²) < 4.78 is 1.36. The Bertz CT molecular complexity index is 439. The Morgan fingerprint density at radius 2 is 2.40 bits per heavy atom. The molecule has 0 fully saturated rings. The van der Waals surface area contributed by atoms with Gasteiger partial charge in [0, 0.05) is 26.5 Å². The highest BCUT2D eigenvalue weighted by Crippen LogP contribution is 2.05. The number of aromatic carboxylic acids is 1. The summed E-state index contributed by atoms with van der Waals surface area (Å²) in [6, 6.07) is 1.95. The summed E-state index contributed by atoms with van der Waals surface area (Å²) in [4.78, 5) is 15.9. The van der Waals surface area contributed by atoms with Crippen molar-refractivity contribution < 1.29 is 9.90 Å². The van der Waals surface area contributed by atoms with Gasteiger partial charge in [-0.05, 0) is 0 Å². The molecule has 0 aromatic carbocycles. The van der Waals surface area contributed by atoms with Crippen LogP contribution in [0.25, 0.3) is 5.70 Å². The minimum absolute atomic E-state index is 0.0880. The molecule has 1 N–H and O–H groups in total. The summed E-state index contributed by atoms with van der Waals surface area (Å²) in [5.41, 5.74) is 0.218. The molecular formula is C9H10N4O2. The van der Waals surface area contributed by atoms with Crippen molar-refractivity contribution in [2.45, 2.75) is 0 Å². The third-order valence-electron chi connectivity index (χ3n) is 1.57. The van der Waals surface area contributed by atoms with Crippen LogP contribution in [0.3, 0.4) is 0 Å². The molecule has 0 saturated heterocycles. The monoisotopic (exact) mass is 206 g/mol. The van der Waals surface area contributed by atoms with Crippen LogP contribution in [-0.4, -0.2) is 39.6 Å². The van der Waals surface area contributed by atoms with Gasteiger partial charge in [-0.2, -0.15) is 5.26 Å². The van der Waals surface area contributed by atoms with Crippen LogP contribution < -0.4 is 0 Å². The maximum absolute atomic E-state index is 10.6. The van der Waals surface area contributed by atoms with Crippen molar-refractivity contribution >= 4 is 11.7 Å². The van der Waals surface area contributed by atoms with Crippen LogP contribution >= 0.6 is 0 Å². The first-order chi connectivity index (χ1) is 7.04. The Kier molecular flexibility index (Phi) is 3.08. The van der Waals surface area contributed by atoms with E-state index in [-0.39, 0.29) is 5.69 Å². The Morgan fingerprint density at radius 3 is 2.80 bits per heavy atom. The number of carboxylic acid groups (broad SMARTS) is 1. The zero-order valence-corrected chi connectivity index (χ0v) is 8.38. The highest BCUT2D eigenvalue weighted by atomic mass is 16.4. The zero-order valence-electron chi connectivity index (χ0n) is 8.38. The number of nitriles is 1. The maximum atomic E-state index is 10.6. The van der Waals surface area contributed by atoms with Crippen LogP contribution in [-0.2, 0) is 0 Å². The third kappa shape index (κ3) is 2.57. The van der Waals surface area contributed by atoms with Gasteiger partial charge in [-0.1, -0.05) is 0 Å². The molecule has 0 unspecified atom stereocenters. The normalized spacial score (nSPS) is 10.9. The van der Waals surface area contributed by atoms with Gasteiger partial charge in [-0.3, -0.25) is 4.57 Å². The molecular weight excluding hydrogens is 196 g/mol.